The molecule has 2 atom stereocenters. The molecule has 2 aliphatic rings. The molecule has 48 heavy (non-hydrogen) atoms. The van der Waals surface area contributed by atoms with E-state index < -0.39 is 6.04 Å². The first-order valence-electron chi connectivity index (χ1n) is 16.3. The van der Waals surface area contributed by atoms with E-state index in [9.17, 15) is 14.4 Å². The third kappa shape index (κ3) is 6.41. The Morgan fingerprint density at radius 1 is 0.958 bits per heavy atom. The predicted molar refractivity (Wildman–Crippen MR) is 188 cm³/mol. The number of carbonyl (C=O) groups excluding carboxylic acids is 2. The van der Waals surface area contributed by atoms with Gasteiger partial charge in [0.1, 0.15) is 0 Å². The van der Waals surface area contributed by atoms with Crippen molar-refractivity contribution in [1.82, 2.24) is 15.6 Å². The number of fused-ring (bicyclic) bond motifs is 6. The fraction of sp³-hybridized carbons (Fsp3) is 0.378. The van der Waals surface area contributed by atoms with Gasteiger partial charge in [-0.2, -0.15) is 0 Å². The fourth-order valence-corrected chi connectivity index (χ4v) is 7.41. The van der Waals surface area contributed by atoms with Gasteiger partial charge in [0.25, 0.3) is 0 Å². The predicted octanol–water partition coefficient (Wildman–Crippen LogP) is 6.38. The van der Waals surface area contributed by atoms with Crippen LogP contribution in [0.1, 0.15) is 73.5 Å². The first kappa shape index (κ1) is 33.2. The van der Waals surface area contributed by atoms with E-state index in [1.165, 1.54) is 12.5 Å². The fourth-order valence-electron chi connectivity index (χ4n) is 7.19. The second-order valence-electron chi connectivity index (χ2n) is 12.3. The van der Waals surface area contributed by atoms with Crippen molar-refractivity contribution < 1.29 is 23.8 Å². The summed E-state index contributed by atoms with van der Waals surface area (Å²) in [5, 5.41) is 11.3. The van der Waals surface area contributed by atoms with E-state index in [4.69, 9.17) is 25.8 Å². The summed E-state index contributed by atoms with van der Waals surface area (Å²) < 4.78 is 17.1. The quantitative estimate of drug-likeness (QED) is 0.144. The summed E-state index contributed by atoms with van der Waals surface area (Å²) in [7, 11) is 4.70. The summed E-state index contributed by atoms with van der Waals surface area (Å²) in [5.74, 6) is 1.26. The lowest BCUT2D eigenvalue weighted by atomic mass is 9.91. The monoisotopic (exact) mass is 672 g/mol. The Hall–Kier alpha value is -4.70. The SMILES string of the molecule is COc1cc2c(c(OC)c1OC)-c1ccc(NCCCC(=O)NC3CCCc4c3[nH]c3c(Cl)cccc43)c(=O)cc1[C@@H](NC(C)=O)CC2. The van der Waals surface area contributed by atoms with E-state index in [2.05, 4.69) is 27.0 Å². The van der Waals surface area contributed by atoms with Gasteiger partial charge in [-0.1, -0.05) is 29.8 Å². The number of para-hydroxylation sites is 1. The van der Waals surface area contributed by atoms with E-state index in [-0.39, 0.29) is 23.3 Å². The van der Waals surface area contributed by atoms with Gasteiger partial charge < -0.3 is 35.1 Å². The number of halogens is 1. The van der Waals surface area contributed by atoms with E-state index in [1.54, 1.807) is 33.5 Å². The molecule has 2 amide bonds. The van der Waals surface area contributed by atoms with Crippen molar-refractivity contribution in [3.8, 4) is 28.4 Å². The minimum atomic E-state index is -0.392. The molecule has 0 bridgehead atoms. The molecule has 2 aliphatic carbocycles. The van der Waals surface area contributed by atoms with Gasteiger partial charge in [0.15, 0.2) is 11.5 Å². The molecule has 0 spiro atoms. The Labute approximate surface area is 284 Å². The molecule has 6 rings (SSSR count). The number of anilines is 1. The van der Waals surface area contributed by atoms with Crippen molar-refractivity contribution in [2.75, 3.05) is 33.2 Å². The molecule has 252 valence electrons. The van der Waals surface area contributed by atoms with Crippen LogP contribution in [-0.2, 0) is 22.4 Å². The second-order valence-corrected chi connectivity index (χ2v) is 12.7. The van der Waals surface area contributed by atoms with Gasteiger partial charge in [-0.15, -0.1) is 0 Å². The summed E-state index contributed by atoms with van der Waals surface area (Å²) in [6.45, 7) is 1.90. The van der Waals surface area contributed by atoms with E-state index in [0.717, 1.165) is 52.5 Å². The zero-order chi connectivity index (χ0) is 33.9. The van der Waals surface area contributed by atoms with Gasteiger partial charge in [-0.3, -0.25) is 14.4 Å². The summed E-state index contributed by atoms with van der Waals surface area (Å²) in [6, 6.07) is 12.6. The summed E-state index contributed by atoms with van der Waals surface area (Å²) in [4.78, 5) is 42.3. The van der Waals surface area contributed by atoms with Gasteiger partial charge in [0.05, 0.1) is 49.6 Å². The Morgan fingerprint density at radius 3 is 2.52 bits per heavy atom. The zero-order valence-electron chi connectivity index (χ0n) is 27.7. The largest absolute Gasteiger partial charge is 0.493 e. The Kier molecular flexibility index (Phi) is 9.82. The highest BCUT2D eigenvalue weighted by molar-refractivity contribution is 6.35. The number of benzene rings is 2. The molecule has 1 heterocycles. The highest BCUT2D eigenvalue weighted by atomic mass is 35.5. The number of nitrogens with one attached hydrogen (secondary N) is 4. The Morgan fingerprint density at radius 2 is 1.77 bits per heavy atom. The molecule has 0 saturated carbocycles. The van der Waals surface area contributed by atoms with Crippen LogP contribution in [0.25, 0.3) is 22.0 Å². The maximum atomic E-state index is 13.6. The molecule has 4 N–H and O–H groups in total. The van der Waals surface area contributed by atoms with Crippen molar-refractivity contribution in [2.45, 2.75) is 64.0 Å². The minimum absolute atomic E-state index is 0.0432. The standard InChI is InChI=1S/C37H41ClN4O6/c1-20(43)40-27-15-13-21-18-31(46-2)36(47-3)37(48-4)33(21)22-14-16-28(30(44)19-25(22)27)39-17-7-12-32(45)41-29-11-6-9-24-23-8-5-10-26(38)34(23)42-35(24)29/h5,8,10,14,16,18-19,27,29,42H,6-7,9,11-13,15,17H2,1-4H3,(H,39,44)(H,40,43)(H,41,45)/t27-,29?/m0/s1. The molecule has 10 nitrogen and oxygen atoms in total. The van der Waals surface area contributed by atoms with Crippen molar-refractivity contribution in [1.29, 1.82) is 0 Å². The van der Waals surface area contributed by atoms with Gasteiger partial charge >= 0.3 is 0 Å². The molecule has 11 heteroatoms. The van der Waals surface area contributed by atoms with Crippen LogP contribution in [0, 0.1) is 0 Å². The molecule has 0 radical (unpaired) electrons. The van der Waals surface area contributed by atoms with Crippen LogP contribution in [0.5, 0.6) is 17.2 Å². The average molecular weight is 673 g/mol. The van der Waals surface area contributed by atoms with Crippen molar-refractivity contribution >= 4 is 40.0 Å². The van der Waals surface area contributed by atoms with Crippen LogP contribution >= 0.6 is 11.6 Å². The van der Waals surface area contributed by atoms with Gasteiger partial charge in [0, 0.05) is 36.5 Å². The smallest absolute Gasteiger partial charge is 0.220 e. The number of hydrogen-bond donors (Lipinski definition) is 4. The number of aromatic nitrogens is 1. The lowest BCUT2D eigenvalue weighted by molar-refractivity contribution is -0.122. The zero-order valence-corrected chi connectivity index (χ0v) is 28.4. The maximum Gasteiger partial charge on any atom is 0.220 e. The maximum absolute atomic E-state index is 13.6. The second kappa shape index (κ2) is 14.2. The normalized spacial score (nSPS) is 16.5. The van der Waals surface area contributed by atoms with E-state index in [1.807, 2.05) is 24.3 Å². The number of aromatic amines is 1. The summed E-state index contributed by atoms with van der Waals surface area (Å²) >= 11 is 6.44. The Bertz CT molecular complexity index is 1940. The molecule has 4 aromatic rings. The van der Waals surface area contributed by atoms with Crippen LogP contribution in [-0.4, -0.2) is 44.7 Å². The van der Waals surface area contributed by atoms with Crippen LogP contribution in [0.15, 0.2) is 47.3 Å². The van der Waals surface area contributed by atoms with Crippen LogP contribution in [0.3, 0.4) is 0 Å². The van der Waals surface area contributed by atoms with Crippen LogP contribution < -0.4 is 35.6 Å². The van der Waals surface area contributed by atoms with E-state index >= 15 is 0 Å². The summed E-state index contributed by atoms with van der Waals surface area (Å²) in [5.41, 5.74) is 6.56. The van der Waals surface area contributed by atoms with Crippen LogP contribution in [0.4, 0.5) is 5.69 Å². The third-order valence-electron chi connectivity index (χ3n) is 9.34. The molecule has 0 fully saturated rings. The summed E-state index contributed by atoms with van der Waals surface area (Å²) in [6.07, 6.45) is 4.83. The number of carbonyl (C=O) groups is 2. The van der Waals surface area contributed by atoms with Gasteiger partial charge in [-0.05, 0) is 85.0 Å². The number of aryl methyl sites for hydroxylation is 2. The number of H-pyrrole nitrogens is 1. The molecular formula is C37H41ClN4O6. The number of amides is 2. The molecule has 1 unspecified atom stereocenters. The number of ether oxygens (including phenoxy) is 3. The highest BCUT2D eigenvalue weighted by Gasteiger charge is 2.30. The van der Waals surface area contributed by atoms with Gasteiger partial charge in [0.2, 0.25) is 23.0 Å². The topological polar surface area (TPSA) is 131 Å². The number of hydrogen-bond acceptors (Lipinski definition) is 7. The molecule has 1 aromatic heterocycles. The van der Waals surface area contributed by atoms with Gasteiger partial charge in [-0.25, -0.2) is 0 Å². The molecule has 0 saturated heterocycles. The average Bonchev–Trinajstić information content (AvgIpc) is 3.31. The number of rotatable bonds is 10. The van der Waals surface area contributed by atoms with Crippen LogP contribution in [0.2, 0.25) is 5.02 Å². The van der Waals surface area contributed by atoms with E-state index in [0.29, 0.717) is 65.8 Å². The first-order chi connectivity index (χ1) is 23.2. The highest BCUT2D eigenvalue weighted by Crippen LogP contribution is 2.50. The number of methoxy groups -OCH3 is 3. The third-order valence-corrected chi connectivity index (χ3v) is 9.65. The Balaban J connectivity index is 1.20. The molecule has 0 aliphatic heterocycles. The lowest BCUT2D eigenvalue weighted by Gasteiger charge is -2.24. The van der Waals surface area contributed by atoms with Crippen molar-refractivity contribution in [3.05, 3.63) is 80.1 Å². The first-order valence-corrected chi connectivity index (χ1v) is 16.7. The minimum Gasteiger partial charge on any atom is -0.493 e. The molecule has 3 aromatic carbocycles. The van der Waals surface area contributed by atoms with Crippen molar-refractivity contribution in [3.63, 3.8) is 0 Å². The van der Waals surface area contributed by atoms with Crippen molar-refractivity contribution in [2.24, 2.45) is 0 Å². The molecular weight excluding hydrogens is 632 g/mol. The lowest BCUT2D eigenvalue weighted by Crippen LogP contribution is -2.31.